The minimum Gasteiger partial charge on any atom is -0.495 e. The molecule has 1 heterocycles. The topological polar surface area (TPSA) is 47.0 Å². The number of rotatable bonds is 4. The molecule has 0 amide bonds. The van der Waals surface area contributed by atoms with E-state index in [-0.39, 0.29) is 0 Å². The highest BCUT2D eigenvalue weighted by molar-refractivity contribution is 6.36. The van der Waals surface area contributed by atoms with Crippen LogP contribution in [0.15, 0.2) is 36.4 Å². The summed E-state index contributed by atoms with van der Waals surface area (Å²) >= 11 is 18.2. The number of anilines is 1. The Balaban J connectivity index is 1.87. The lowest BCUT2D eigenvalue weighted by Crippen LogP contribution is -2.03. The van der Waals surface area contributed by atoms with Gasteiger partial charge in [-0.05, 0) is 35.9 Å². The van der Waals surface area contributed by atoms with Gasteiger partial charge in [-0.3, -0.25) is 0 Å². The molecule has 0 saturated carbocycles. The first kappa shape index (κ1) is 16.1. The van der Waals surface area contributed by atoms with Gasteiger partial charge in [0.15, 0.2) is 11.0 Å². The van der Waals surface area contributed by atoms with Crippen LogP contribution in [0.1, 0.15) is 5.56 Å². The van der Waals surface area contributed by atoms with Gasteiger partial charge in [0.2, 0.25) is 0 Å². The Labute approximate surface area is 148 Å². The monoisotopic (exact) mass is 367 g/mol. The van der Waals surface area contributed by atoms with Gasteiger partial charge in [0.1, 0.15) is 5.75 Å². The maximum Gasteiger partial charge on any atom is 0.159 e. The molecule has 3 aromatic rings. The van der Waals surface area contributed by atoms with E-state index in [4.69, 9.17) is 39.5 Å². The van der Waals surface area contributed by atoms with Crippen molar-refractivity contribution in [2.75, 3.05) is 12.4 Å². The van der Waals surface area contributed by atoms with E-state index in [1.807, 2.05) is 24.3 Å². The predicted octanol–water partition coefficient (Wildman–Crippen LogP) is 5.21. The Kier molecular flexibility index (Phi) is 4.76. The van der Waals surface area contributed by atoms with Gasteiger partial charge in [-0.25, -0.2) is 0 Å². The molecule has 23 heavy (non-hydrogen) atoms. The van der Waals surface area contributed by atoms with Crippen molar-refractivity contribution < 1.29 is 4.74 Å². The minimum atomic E-state index is 0.320. The van der Waals surface area contributed by atoms with Crippen molar-refractivity contribution in [3.8, 4) is 5.75 Å². The zero-order chi connectivity index (χ0) is 16.4. The lowest BCUT2D eigenvalue weighted by Gasteiger charge is -2.10. The van der Waals surface area contributed by atoms with Crippen LogP contribution < -0.4 is 10.1 Å². The van der Waals surface area contributed by atoms with Crippen molar-refractivity contribution in [1.82, 2.24) is 10.2 Å². The molecular weight excluding hydrogens is 357 g/mol. The molecule has 2 aromatic carbocycles. The van der Waals surface area contributed by atoms with Gasteiger partial charge in [-0.2, -0.15) is 0 Å². The van der Waals surface area contributed by atoms with Crippen LogP contribution in [0, 0.1) is 0 Å². The third-order valence-electron chi connectivity index (χ3n) is 3.37. The predicted molar refractivity (Wildman–Crippen MR) is 94.9 cm³/mol. The lowest BCUT2D eigenvalue weighted by molar-refractivity contribution is 0.415. The zero-order valence-corrected chi connectivity index (χ0v) is 14.4. The summed E-state index contributed by atoms with van der Waals surface area (Å²) in [6, 6.07) is 11.0. The molecule has 0 bridgehead atoms. The quantitative estimate of drug-likeness (QED) is 0.686. The second-order valence-electron chi connectivity index (χ2n) is 4.85. The van der Waals surface area contributed by atoms with Crippen molar-refractivity contribution >= 4 is 51.4 Å². The molecule has 7 heteroatoms. The maximum absolute atomic E-state index is 6.13. The molecule has 3 rings (SSSR count). The third-order valence-corrected chi connectivity index (χ3v) is 4.18. The van der Waals surface area contributed by atoms with Crippen molar-refractivity contribution in [1.29, 1.82) is 0 Å². The van der Waals surface area contributed by atoms with Crippen LogP contribution in [0.2, 0.25) is 15.2 Å². The fourth-order valence-electron chi connectivity index (χ4n) is 2.23. The third kappa shape index (κ3) is 3.44. The summed E-state index contributed by atoms with van der Waals surface area (Å²) in [5, 5.41) is 14.4. The van der Waals surface area contributed by atoms with Crippen molar-refractivity contribution in [3.63, 3.8) is 0 Å². The molecule has 1 N–H and O–H groups in total. The first-order chi connectivity index (χ1) is 11.1. The Morgan fingerprint density at radius 2 is 1.83 bits per heavy atom. The Morgan fingerprint density at radius 1 is 1.00 bits per heavy atom. The number of ether oxygens (including phenoxy) is 1. The number of nitrogens with one attached hydrogen (secondary N) is 1. The van der Waals surface area contributed by atoms with Gasteiger partial charge in [-0.1, -0.05) is 40.9 Å². The van der Waals surface area contributed by atoms with Gasteiger partial charge in [0.05, 0.1) is 12.1 Å². The van der Waals surface area contributed by atoms with Crippen LogP contribution in [-0.4, -0.2) is 17.3 Å². The van der Waals surface area contributed by atoms with Crippen LogP contribution in [0.25, 0.3) is 10.8 Å². The summed E-state index contributed by atoms with van der Waals surface area (Å²) in [5.74, 6) is 1.27. The second-order valence-corrected chi connectivity index (χ2v) is 6.05. The van der Waals surface area contributed by atoms with Crippen LogP contribution in [0.4, 0.5) is 5.82 Å². The van der Waals surface area contributed by atoms with Crippen LogP contribution in [0.5, 0.6) is 5.75 Å². The minimum absolute atomic E-state index is 0.320. The van der Waals surface area contributed by atoms with Crippen molar-refractivity contribution in [2.24, 2.45) is 0 Å². The molecule has 0 fully saturated rings. The smallest absolute Gasteiger partial charge is 0.159 e. The number of aromatic nitrogens is 2. The van der Waals surface area contributed by atoms with E-state index in [9.17, 15) is 0 Å². The molecular formula is C16H12Cl3N3O. The van der Waals surface area contributed by atoms with Crippen molar-refractivity contribution in [3.05, 3.63) is 57.2 Å². The Bertz CT molecular complexity index is 871. The molecule has 4 nitrogen and oxygen atoms in total. The average Bonchev–Trinajstić information content (AvgIpc) is 2.55. The maximum atomic E-state index is 6.13. The van der Waals surface area contributed by atoms with E-state index in [0.29, 0.717) is 33.3 Å². The van der Waals surface area contributed by atoms with E-state index in [2.05, 4.69) is 15.5 Å². The molecule has 0 unspecified atom stereocenters. The summed E-state index contributed by atoms with van der Waals surface area (Å²) in [6.07, 6.45) is 0. The largest absolute Gasteiger partial charge is 0.495 e. The van der Waals surface area contributed by atoms with E-state index < -0.39 is 0 Å². The highest BCUT2D eigenvalue weighted by Crippen LogP contribution is 2.29. The fraction of sp³-hybridized carbons (Fsp3) is 0.125. The van der Waals surface area contributed by atoms with E-state index in [1.54, 1.807) is 19.2 Å². The van der Waals surface area contributed by atoms with Gasteiger partial charge in [0, 0.05) is 22.3 Å². The first-order valence-electron chi connectivity index (χ1n) is 6.76. The summed E-state index contributed by atoms with van der Waals surface area (Å²) in [7, 11) is 1.58. The molecule has 0 atom stereocenters. The Morgan fingerprint density at radius 3 is 2.57 bits per heavy atom. The standard InChI is InChI=1S/C16H12Cl3N3O/c1-23-14-5-2-9(6-13(14)18)8-20-16-11-4-3-10(17)7-12(11)15(19)21-22-16/h2-7H,8H2,1H3,(H,20,22). The van der Waals surface area contributed by atoms with Crippen LogP contribution >= 0.6 is 34.8 Å². The van der Waals surface area contributed by atoms with Gasteiger partial charge < -0.3 is 10.1 Å². The molecule has 118 valence electrons. The SMILES string of the molecule is COc1ccc(CNc2nnc(Cl)c3cc(Cl)ccc23)cc1Cl. The molecule has 0 aliphatic rings. The first-order valence-corrected chi connectivity index (χ1v) is 7.89. The molecule has 0 aliphatic heterocycles. The number of halogens is 3. The lowest BCUT2D eigenvalue weighted by atomic mass is 10.2. The molecule has 0 saturated heterocycles. The zero-order valence-electron chi connectivity index (χ0n) is 12.1. The summed E-state index contributed by atoms with van der Waals surface area (Å²) in [5.41, 5.74) is 0.995. The van der Waals surface area contributed by atoms with Crippen LogP contribution in [-0.2, 0) is 6.54 Å². The number of methoxy groups -OCH3 is 1. The average molecular weight is 369 g/mol. The summed E-state index contributed by atoms with van der Waals surface area (Å²) < 4.78 is 5.14. The highest BCUT2D eigenvalue weighted by Gasteiger charge is 2.09. The van der Waals surface area contributed by atoms with Gasteiger partial charge in [-0.15, -0.1) is 10.2 Å². The van der Waals surface area contributed by atoms with E-state index in [0.717, 1.165) is 16.3 Å². The van der Waals surface area contributed by atoms with E-state index >= 15 is 0 Å². The summed E-state index contributed by atoms with van der Waals surface area (Å²) in [6.45, 7) is 0.539. The van der Waals surface area contributed by atoms with Crippen molar-refractivity contribution in [2.45, 2.75) is 6.54 Å². The molecule has 0 radical (unpaired) electrons. The number of hydrogen-bond acceptors (Lipinski definition) is 4. The molecule has 1 aromatic heterocycles. The number of fused-ring (bicyclic) bond motifs is 1. The van der Waals surface area contributed by atoms with Crippen LogP contribution in [0.3, 0.4) is 0 Å². The summed E-state index contributed by atoms with van der Waals surface area (Å²) in [4.78, 5) is 0. The van der Waals surface area contributed by atoms with E-state index in [1.165, 1.54) is 0 Å². The number of nitrogens with zero attached hydrogens (tertiary/aromatic N) is 2. The molecule has 0 aliphatic carbocycles. The molecule has 0 spiro atoms. The van der Waals surface area contributed by atoms with Gasteiger partial charge in [0.25, 0.3) is 0 Å². The number of benzene rings is 2. The van der Waals surface area contributed by atoms with Gasteiger partial charge >= 0.3 is 0 Å². The normalized spacial score (nSPS) is 10.8. The number of hydrogen-bond donors (Lipinski definition) is 1. The second kappa shape index (κ2) is 6.79. The highest BCUT2D eigenvalue weighted by atomic mass is 35.5. The Hall–Kier alpha value is -1.75. The fourth-order valence-corrected chi connectivity index (χ4v) is 2.88.